The average Bonchev–Trinajstić information content (AvgIpc) is 1.96. The van der Waals surface area contributed by atoms with Gasteiger partial charge in [0, 0.05) is 0 Å². The summed E-state index contributed by atoms with van der Waals surface area (Å²) in [4.78, 5) is 0. The van der Waals surface area contributed by atoms with Gasteiger partial charge < -0.3 is 5.11 Å². The molecule has 0 aromatic heterocycles. The van der Waals surface area contributed by atoms with Crippen molar-refractivity contribution in [1.29, 1.82) is 0 Å². The zero-order valence-electron chi connectivity index (χ0n) is 9.01. The van der Waals surface area contributed by atoms with Crippen molar-refractivity contribution >= 4 is 0 Å². The van der Waals surface area contributed by atoms with E-state index in [0.29, 0.717) is 0 Å². The molecule has 0 radical (unpaired) electrons. The van der Waals surface area contributed by atoms with Gasteiger partial charge in [0.1, 0.15) is 0 Å². The summed E-state index contributed by atoms with van der Waals surface area (Å²) in [7, 11) is 0. The van der Waals surface area contributed by atoms with Crippen LogP contribution < -0.4 is 0 Å². The fourth-order valence-electron chi connectivity index (χ4n) is 1.29. The van der Waals surface area contributed by atoms with Crippen LogP contribution in [0.4, 0.5) is 0 Å². The summed E-state index contributed by atoms with van der Waals surface area (Å²) in [5, 5.41) is 9.08. The Bertz CT molecular complexity index is 85.2. The van der Waals surface area contributed by atoms with Gasteiger partial charge in [0.2, 0.25) is 0 Å². The van der Waals surface area contributed by atoms with Crippen LogP contribution in [0.3, 0.4) is 0 Å². The number of rotatable bonds is 6. The SMILES string of the molecule is CC(C)CCC(C)CCC(C)O. The van der Waals surface area contributed by atoms with Crippen LogP contribution in [0.5, 0.6) is 0 Å². The molecular weight excluding hydrogens is 148 g/mol. The molecule has 0 saturated heterocycles. The van der Waals surface area contributed by atoms with Gasteiger partial charge >= 0.3 is 0 Å². The smallest absolute Gasteiger partial charge is 0.0512 e. The molecule has 74 valence electrons. The van der Waals surface area contributed by atoms with Crippen molar-refractivity contribution in [1.82, 2.24) is 0 Å². The van der Waals surface area contributed by atoms with Crippen molar-refractivity contribution in [3.8, 4) is 0 Å². The van der Waals surface area contributed by atoms with Gasteiger partial charge in [-0.2, -0.15) is 0 Å². The Labute approximate surface area is 77.2 Å². The van der Waals surface area contributed by atoms with Crippen LogP contribution in [0.2, 0.25) is 0 Å². The minimum absolute atomic E-state index is 0.119. The van der Waals surface area contributed by atoms with E-state index < -0.39 is 0 Å². The molecule has 0 aromatic carbocycles. The van der Waals surface area contributed by atoms with Crippen molar-refractivity contribution in [2.24, 2.45) is 11.8 Å². The Balaban J connectivity index is 3.27. The molecule has 0 aliphatic heterocycles. The van der Waals surface area contributed by atoms with Crippen LogP contribution in [-0.2, 0) is 0 Å². The molecule has 0 heterocycles. The number of aliphatic hydroxyl groups is 1. The highest BCUT2D eigenvalue weighted by Crippen LogP contribution is 2.17. The lowest BCUT2D eigenvalue weighted by Gasteiger charge is -2.13. The third kappa shape index (κ3) is 8.06. The zero-order valence-corrected chi connectivity index (χ0v) is 9.01. The number of hydrogen-bond donors (Lipinski definition) is 1. The number of aliphatic hydroxyl groups excluding tert-OH is 1. The van der Waals surface area contributed by atoms with Gasteiger partial charge in [-0.05, 0) is 31.6 Å². The second kappa shape index (κ2) is 6.47. The molecule has 0 spiro atoms. The van der Waals surface area contributed by atoms with Crippen LogP contribution in [0.15, 0.2) is 0 Å². The van der Waals surface area contributed by atoms with E-state index in [0.717, 1.165) is 18.3 Å². The molecule has 1 heteroatoms. The molecule has 0 aromatic rings. The van der Waals surface area contributed by atoms with E-state index in [2.05, 4.69) is 20.8 Å². The van der Waals surface area contributed by atoms with Crippen LogP contribution in [-0.4, -0.2) is 11.2 Å². The molecule has 0 aliphatic carbocycles. The van der Waals surface area contributed by atoms with Gasteiger partial charge in [-0.15, -0.1) is 0 Å². The van der Waals surface area contributed by atoms with Gasteiger partial charge in [-0.3, -0.25) is 0 Å². The molecule has 1 N–H and O–H groups in total. The van der Waals surface area contributed by atoms with E-state index in [1.807, 2.05) is 6.92 Å². The van der Waals surface area contributed by atoms with Gasteiger partial charge in [0.15, 0.2) is 0 Å². The summed E-state index contributed by atoms with van der Waals surface area (Å²) < 4.78 is 0. The second-order valence-corrected chi connectivity index (χ2v) is 4.50. The molecule has 12 heavy (non-hydrogen) atoms. The van der Waals surface area contributed by atoms with Crippen molar-refractivity contribution in [2.45, 2.75) is 59.5 Å². The molecule has 0 fully saturated rings. The maximum absolute atomic E-state index is 9.08. The Kier molecular flexibility index (Phi) is 6.45. The first-order chi connectivity index (χ1) is 5.52. The van der Waals surface area contributed by atoms with Crippen LogP contribution in [0, 0.1) is 11.8 Å². The summed E-state index contributed by atoms with van der Waals surface area (Å²) in [6, 6.07) is 0. The first kappa shape index (κ1) is 12.0. The van der Waals surface area contributed by atoms with Gasteiger partial charge in [-0.1, -0.05) is 33.6 Å². The molecule has 0 saturated carbocycles. The maximum atomic E-state index is 9.08. The highest BCUT2D eigenvalue weighted by atomic mass is 16.3. The molecule has 2 atom stereocenters. The van der Waals surface area contributed by atoms with E-state index >= 15 is 0 Å². The fraction of sp³-hybridized carbons (Fsp3) is 1.00. The zero-order chi connectivity index (χ0) is 9.56. The molecular formula is C11H24O. The lowest BCUT2D eigenvalue weighted by Crippen LogP contribution is -2.04. The Morgan fingerprint density at radius 1 is 0.833 bits per heavy atom. The minimum atomic E-state index is -0.119. The van der Waals surface area contributed by atoms with Crippen LogP contribution in [0.1, 0.15) is 53.4 Å². The quantitative estimate of drug-likeness (QED) is 0.652. The largest absolute Gasteiger partial charge is 0.393 e. The summed E-state index contributed by atoms with van der Waals surface area (Å²) in [5.74, 6) is 1.60. The predicted molar refractivity (Wildman–Crippen MR) is 54.2 cm³/mol. The number of hydrogen-bond acceptors (Lipinski definition) is 1. The topological polar surface area (TPSA) is 20.2 Å². The summed E-state index contributed by atoms with van der Waals surface area (Å²) in [5.41, 5.74) is 0. The normalized spacial score (nSPS) is 16.5. The molecule has 0 amide bonds. The van der Waals surface area contributed by atoms with Crippen LogP contribution in [0.25, 0.3) is 0 Å². The Morgan fingerprint density at radius 2 is 1.33 bits per heavy atom. The fourth-order valence-corrected chi connectivity index (χ4v) is 1.29. The minimum Gasteiger partial charge on any atom is -0.393 e. The van der Waals surface area contributed by atoms with Gasteiger partial charge in [0.05, 0.1) is 6.10 Å². The second-order valence-electron chi connectivity index (χ2n) is 4.50. The van der Waals surface area contributed by atoms with E-state index in [1.165, 1.54) is 19.3 Å². The molecule has 0 aliphatic rings. The highest BCUT2D eigenvalue weighted by Gasteiger charge is 2.05. The summed E-state index contributed by atoms with van der Waals surface area (Å²) in [6.07, 6.45) is 4.64. The van der Waals surface area contributed by atoms with Crippen LogP contribution >= 0.6 is 0 Å². The molecule has 0 bridgehead atoms. The Hall–Kier alpha value is -0.0400. The first-order valence-electron chi connectivity index (χ1n) is 5.20. The van der Waals surface area contributed by atoms with Crippen molar-refractivity contribution in [3.63, 3.8) is 0 Å². The predicted octanol–water partition coefficient (Wildman–Crippen LogP) is 3.22. The lowest BCUT2D eigenvalue weighted by atomic mass is 9.95. The first-order valence-corrected chi connectivity index (χ1v) is 5.20. The Morgan fingerprint density at radius 3 is 1.75 bits per heavy atom. The monoisotopic (exact) mass is 172 g/mol. The van der Waals surface area contributed by atoms with E-state index in [-0.39, 0.29) is 6.10 Å². The van der Waals surface area contributed by atoms with Gasteiger partial charge in [0.25, 0.3) is 0 Å². The highest BCUT2D eigenvalue weighted by molar-refractivity contribution is 4.57. The van der Waals surface area contributed by atoms with E-state index in [4.69, 9.17) is 5.11 Å². The summed E-state index contributed by atoms with van der Waals surface area (Å²) >= 11 is 0. The van der Waals surface area contributed by atoms with Crippen molar-refractivity contribution < 1.29 is 5.11 Å². The van der Waals surface area contributed by atoms with E-state index in [9.17, 15) is 0 Å². The average molecular weight is 172 g/mol. The molecule has 2 unspecified atom stereocenters. The standard InChI is InChI=1S/C11H24O/c1-9(2)5-6-10(3)7-8-11(4)12/h9-12H,5-8H2,1-4H3. The van der Waals surface area contributed by atoms with Crippen molar-refractivity contribution in [2.75, 3.05) is 0 Å². The third-order valence-electron chi connectivity index (χ3n) is 2.31. The van der Waals surface area contributed by atoms with Crippen molar-refractivity contribution in [3.05, 3.63) is 0 Å². The lowest BCUT2D eigenvalue weighted by molar-refractivity contribution is 0.173. The summed E-state index contributed by atoms with van der Waals surface area (Å²) in [6.45, 7) is 8.68. The maximum Gasteiger partial charge on any atom is 0.0512 e. The third-order valence-corrected chi connectivity index (χ3v) is 2.31. The van der Waals surface area contributed by atoms with Gasteiger partial charge in [-0.25, -0.2) is 0 Å². The molecule has 1 nitrogen and oxygen atoms in total. The van der Waals surface area contributed by atoms with E-state index in [1.54, 1.807) is 0 Å². The molecule has 0 rings (SSSR count).